The molecule has 118 valence electrons. The van der Waals surface area contributed by atoms with E-state index in [2.05, 4.69) is 5.32 Å². The van der Waals surface area contributed by atoms with Gasteiger partial charge in [-0.05, 0) is 38.5 Å². The Bertz CT molecular complexity index is 633. The van der Waals surface area contributed by atoms with Crippen LogP contribution in [0.3, 0.4) is 0 Å². The quantitative estimate of drug-likeness (QED) is 0.828. The van der Waals surface area contributed by atoms with Crippen LogP contribution in [0.4, 0.5) is 10.5 Å². The van der Waals surface area contributed by atoms with E-state index in [4.69, 9.17) is 9.84 Å². The van der Waals surface area contributed by atoms with Gasteiger partial charge in [0.05, 0.1) is 12.1 Å². The fourth-order valence-corrected chi connectivity index (χ4v) is 2.04. The van der Waals surface area contributed by atoms with Gasteiger partial charge in [0.15, 0.2) is 0 Å². The van der Waals surface area contributed by atoms with Crippen molar-refractivity contribution in [1.82, 2.24) is 4.90 Å². The number of carboxylic acids is 1. The van der Waals surface area contributed by atoms with Crippen LogP contribution in [0.15, 0.2) is 18.2 Å². The third-order valence-electron chi connectivity index (χ3n) is 2.98. The summed E-state index contributed by atoms with van der Waals surface area (Å²) in [7, 11) is 0. The number of anilines is 1. The number of carbonyl (C=O) groups is 3. The summed E-state index contributed by atoms with van der Waals surface area (Å²) in [5, 5.41) is 11.6. The standard InChI is InChI=1S/C15H18N2O5/c1-15(2,3)22-14(21)17-7-10-5-4-9(13(19)20)6-11(10)16-12(18)8-17/h4-6H,7-8H2,1-3H3,(H,16,18)(H,19,20). The van der Waals surface area contributed by atoms with Gasteiger partial charge in [-0.2, -0.15) is 0 Å². The Labute approximate surface area is 127 Å². The summed E-state index contributed by atoms with van der Waals surface area (Å²) < 4.78 is 5.27. The lowest BCUT2D eigenvalue weighted by molar-refractivity contribution is -0.117. The Balaban J connectivity index is 2.27. The molecule has 2 amide bonds. The molecule has 0 saturated heterocycles. The second-order valence-electron chi connectivity index (χ2n) is 6.06. The first-order chi connectivity index (χ1) is 10.2. The largest absolute Gasteiger partial charge is 0.478 e. The van der Waals surface area contributed by atoms with Crippen LogP contribution in [0.5, 0.6) is 0 Å². The van der Waals surface area contributed by atoms with Gasteiger partial charge >= 0.3 is 12.1 Å². The lowest BCUT2D eigenvalue weighted by atomic mass is 10.1. The molecule has 1 aromatic carbocycles. The summed E-state index contributed by atoms with van der Waals surface area (Å²) >= 11 is 0. The van der Waals surface area contributed by atoms with E-state index in [-0.39, 0.29) is 18.7 Å². The smallest absolute Gasteiger partial charge is 0.411 e. The molecule has 0 bridgehead atoms. The van der Waals surface area contributed by atoms with Crippen molar-refractivity contribution < 1.29 is 24.2 Å². The number of amides is 2. The predicted molar refractivity (Wildman–Crippen MR) is 78.7 cm³/mol. The highest BCUT2D eigenvalue weighted by atomic mass is 16.6. The SMILES string of the molecule is CC(C)(C)OC(=O)N1CC(=O)Nc2cc(C(=O)O)ccc2C1. The van der Waals surface area contributed by atoms with Crippen molar-refractivity contribution in [2.45, 2.75) is 32.9 Å². The van der Waals surface area contributed by atoms with E-state index in [9.17, 15) is 14.4 Å². The number of hydrogen-bond donors (Lipinski definition) is 2. The Kier molecular flexibility index (Phi) is 4.07. The van der Waals surface area contributed by atoms with Crippen LogP contribution < -0.4 is 5.32 Å². The van der Waals surface area contributed by atoms with Gasteiger partial charge < -0.3 is 15.2 Å². The van der Waals surface area contributed by atoms with Gasteiger partial charge in [-0.25, -0.2) is 9.59 Å². The number of fused-ring (bicyclic) bond motifs is 1. The van der Waals surface area contributed by atoms with Gasteiger partial charge in [0.1, 0.15) is 12.1 Å². The van der Waals surface area contributed by atoms with Crippen LogP contribution in [-0.4, -0.2) is 40.1 Å². The second kappa shape index (κ2) is 5.67. The van der Waals surface area contributed by atoms with Crippen molar-refractivity contribution in [1.29, 1.82) is 0 Å². The van der Waals surface area contributed by atoms with E-state index in [1.54, 1.807) is 26.8 Å². The van der Waals surface area contributed by atoms with E-state index < -0.39 is 23.6 Å². The molecule has 2 N–H and O–H groups in total. The number of aromatic carboxylic acids is 1. The van der Waals surface area contributed by atoms with E-state index in [0.29, 0.717) is 11.3 Å². The Hall–Kier alpha value is -2.57. The van der Waals surface area contributed by atoms with Crippen LogP contribution in [0.1, 0.15) is 36.7 Å². The molecule has 1 aromatic rings. The average Bonchev–Trinajstić information content (AvgIpc) is 2.53. The third-order valence-corrected chi connectivity index (χ3v) is 2.98. The number of rotatable bonds is 1. The maximum Gasteiger partial charge on any atom is 0.411 e. The zero-order chi connectivity index (χ0) is 16.5. The molecule has 0 unspecified atom stereocenters. The molecule has 0 spiro atoms. The molecule has 7 heteroatoms. The molecular formula is C15H18N2O5. The monoisotopic (exact) mass is 306 g/mol. The van der Waals surface area contributed by atoms with Gasteiger partial charge in [-0.3, -0.25) is 9.69 Å². The van der Waals surface area contributed by atoms with Crippen molar-refractivity contribution >= 4 is 23.7 Å². The molecule has 0 saturated carbocycles. The fourth-order valence-electron chi connectivity index (χ4n) is 2.04. The first-order valence-corrected chi connectivity index (χ1v) is 6.80. The van der Waals surface area contributed by atoms with Gasteiger partial charge in [0, 0.05) is 5.69 Å². The van der Waals surface area contributed by atoms with E-state index >= 15 is 0 Å². The van der Waals surface area contributed by atoms with Crippen molar-refractivity contribution in [3.63, 3.8) is 0 Å². The molecule has 1 aliphatic heterocycles. The number of carbonyl (C=O) groups excluding carboxylic acids is 2. The predicted octanol–water partition coefficient (Wildman–Crippen LogP) is 2.07. The van der Waals surface area contributed by atoms with Gasteiger partial charge in [0.2, 0.25) is 5.91 Å². The first kappa shape index (κ1) is 15.8. The number of benzene rings is 1. The minimum Gasteiger partial charge on any atom is -0.478 e. The summed E-state index contributed by atoms with van der Waals surface area (Å²) in [6, 6.07) is 4.40. The molecule has 0 atom stereocenters. The molecule has 0 radical (unpaired) electrons. The van der Waals surface area contributed by atoms with Crippen molar-refractivity contribution in [3.8, 4) is 0 Å². The van der Waals surface area contributed by atoms with Crippen LogP contribution in [0.2, 0.25) is 0 Å². The van der Waals surface area contributed by atoms with Gasteiger partial charge in [-0.1, -0.05) is 6.07 Å². The fraction of sp³-hybridized carbons (Fsp3) is 0.400. The van der Waals surface area contributed by atoms with E-state index in [1.807, 2.05) is 0 Å². The number of carboxylic acid groups (broad SMARTS) is 1. The molecule has 0 aromatic heterocycles. The molecule has 0 aliphatic carbocycles. The molecule has 22 heavy (non-hydrogen) atoms. The molecule has 2 rings (SSSR count). The summed E-state index contributed by atoms with van der Waals surface area (Å²) in [5.74, 6) is -1.47. The lowest BCUT2D eigenvalue weighted by Crippen LogP contribution is -2.39. The molecule has 1 aliphatic rings. The maximum absolute atomic E-state index is 12.1. The number of ether oxygens (including phenoxy) is 1. The minimum absolute atomic E-state index is 0.0739. The maximum atomic E-state index is 12.1. The van der Waals surface area contributed by atoms with E-state index in [1.165, 1.54) is 17.0 Å². The zero-order valence-electron chi connectivity index (χ0n) is 12.7. The van der Waals surface area contributed by atoms with Gasteiger partial charge in [-0.15, -0.1) is 0 Å². The van der Waals surface area contributed by atoms with Crippen LogP contribution >= 0.6 is 0 Å². The van der Waals surface area contributed by atoms with Crippen molar-refractivity contribution in [3.05, 3.63) is 29.3 Å². The molecule has 7 nitrogen and oxygen atoms in total. The summed E-state index contributed by atoms with van der Waals surface area (Å²) in [6.45, 7) is 5.26. The third kappa shape index (κ3) is 3.75. The Morgan fingerprint density at radius 1 is 1.27 bits per heavy atom. The molecule has 1 heterocycles. The minimum atomic E-state index is -1.08. The Morgan fingerprint density at radius 3 is 2.55 bits per heavy atom. The van der Waals surface area contributed by atoms with Crippen LogP contribution in [0.25, 0.3) is 0 Å². The topological polar surface area (TPSA) is 95.9 Å². The van der Waals surface area contributed by atoms with Crippen LogP contribution in [-0.2, 0) is 16.1 Å². The highest BCUT2D eigenvalue weighted by molar-refractivity contribution is 5.97. The number of hydrogen-bond acceptors (Lipinski definition) is 4. The highest BCUT2D eigenvalue weighted by Gasteiger charge is 2.27. The van der Waals surface area contributed by atoms with Gasteiger partial charge in [0.25, 0.3) is 0 Å². The number of nitrogens with zero attached hydrogens (tertiary/aromatic N) is 1. The second-order valence-corrected chi connectivity index (χ2v) is 6.06. The van der Waals surface area contributed by atoms with Crippen molar-refractivity contribution in [2.75, 3.05) is 11.9 Å². The number of nitrogens with one attached hydrogen (secondary N) is 1. The summed E-state index contributed by atoms with van der Waals surface area (Å²) in [5.41, 5.74) is 0.470. The molecule has 0 fully saturated rings. The molecular weight excluding hydrogens is 288 g/mol. The lowest BCUT2D eigenvalue weighted by Gasteiger charge is -2.25. The Morgan fingerprint density at radius 2 is 1.95 bits per heavy atom. The summed E-state index contributed by atoms with van der Waals surface area (Å²) in [4.78, 5) is 36.3. The normalized spacial score (nSPS) is 14.7. The van der Waals surface area contributed by atoms with Crippen LogP contribution in [0, 0.1) is 0 Å². The average molecular weight is 306 g/mol. The first-order valence-electron chi connectivity index (χ1n) is 6.80. The summed E-state index contributed by atoms with van der Waals surface area (Å²) in [6.07, 6.45) is -0.585. The highest BCUT2D eigenvalue weighted by Crippen LogP contribution is 2.23. The van der Waals surface area contributed by atoms with Crippen molar-refractivity contribution in [2.24, 2.45) is 0 Å². The van der Waals surface area contributed by atoms with E-state index in [0.717, 1.165) is 0 Å². The zero-order valence-corrected chi connectivity index (χ0v) is 12.7.